The van der Waals surface area contributed by atoms with Crippen LogP contribution >= 0.6 is 11.6 Å². The van der Waals surface area contributed by atoms with Gasteiger partial charge >= 0.3 is 6.18 Å². The molecule has 0 aromatic heterocycles. The summed E-state index contributed by atoms with van der Waals surface area (Å²) < 4.78 is 37.4. The summed E-state index contributed by atoms with van der Waals surface area (Å²) in [7, 11) is 0. The first kappa shape index (κ1) is 19.8. The van der Waals surface area contributed by atoms with Gasteiger partial charge in [-0.2, -0.15) is 13.2 Å². The Morgan fingerprint density at radius 2 is 1.54 bits per heavy atom. The lowest BCUT2D eigenvalue weighted by Gasteiger charge is -2.09. The van der Waals surface area contributed by atoms with Gasteiger partial charge in [0, 0.05) is 17.3 Å². The van der Waals surface area contributed by atoms with Gasteiger partial charge in [-0.25, -0.2) is 0 Å². The molecule has 2 aromatic carbocycles. The molecule has 2 amide bonds. The highest BCUT2D eigenvalue weighted by atomic mass is 35.5. The highest BCUT2D eigenvalue weighted by Crippen LogP contribution is 2.29. The fourth-order valence-corrected chi connectivity index (χ4v) is 2.28. The van der Waals surface area contributed by atoms with Gasteiger partial charge in [-0.3, -0.25) is 9.59 Å². The first-order valence-electron chi connectivity index (χ1n) is 7.72. The zero-order valence-electron chi connectivity index (χ0n) is 13.6. The first-order chi connectivity index (χ1) is 12.2. The monoisotopic (exact) mass is 384 g/mol. The zero-order valence-corrected chi connectivity index (χ0v) is 14.3. The number of alkyl halides is 3. The minimum atomic E-state index is -4.44. The molecule has 0 spiro atoms. The summed E-state index contributed by atoms with van der Waals surface area (Å²) >= 11 is 5.78. The summed E-state index contributed by atoms with van der Waals surface area (Å²) in [5.74, 6) is -1.07. The lowest BCUT2D eigenvalue weighted by molar-refractivity contribution is -0.137. The second kappa shape index (κ2) is 8.71. The minimum Gasteiger partial charge on any atom is -0.355 e. The fraction of sp³-hybridized carbons (Fsp3) is 0.222. The van der Waals surface area contributed by atoms with Crippen molar-refractivity contribution in [1.29, 1.82) is 0 Å². The third-order valence-electron chi connectivity index (χ3n) is 3.47. The Kier molecular flexibility index (Phi) is 6.63. The van der Waals surface area contributed by atoms with Crippen molar-refractivity contribution in [3.8, 4) is 0 Å². The van der Waals surface area contributed by atoms with Crippen molar-refractivity contribution < 1.29 is 22.8 Å². The molecule has 0 radical (unpaired) electrons. The standard InChI is InChI=1S/C18H16ClF3N2O2/c19-14-5-1-12(2-6-14)9-10-23-16(25)11-17(26)24-15-7-3-13(4-8-15)18(20,21)22/h1-8H,9-11H2,(H,23,25)(H,24,26). The van der Waals surface area contributed by atoms with Crippen LogP contribution in [0.4, 0.5) is 18.9 Å². The van der Waals surface area contributed by atoms with Gasteiger partial charge in [-0.05, 0) is 48.4 Å². The van der Waals surface area contributed by atoms with E-state index in [1.54, 1.807) is 12.1 Å². The van der Waals surface area contributed by atoms with Gasteiger partial charge in [0.1, 0.15) is 6.42 Å². The molecule has 2 rings (SSSR count). The van der Waals surface area contributed by atoms with E-state index in [1.807, 2.05) is 12.1 Å². The van der Waals surface area contributed by atoms with Gasteiger partial charge in [0.25, 0.3) is 0 Å². The number of nitrogens with one attached hydrogen (secondary N) is 2. The van der Waals surface area contributed by atoms with Crippen LogP contribution in [0.5, 0.6) is 0 Å². The molecule has 0 unspecified atom stereocenters. The van der Waals surface area contributed by atoms with Crippen molar-refractivity contribution in [2.75, 3.05) is 11.9 Å². The van der Waals surface area contributed by atoms with Crippen LogP contribution in [0.1, 0.15) is 17.5 Å². The molecule has 2 aromatic rings. The van der Waals surface area contributed by atoms with Crippen LogP contribution in [-0.2, 0) is 22.2 Å². The fourth-order valence-electron chi connectivity index (χ4n) is 2.15. The summed E-state index contributed by atoms with van der Waals surface area (Å²) in [6, 6.07) is 11.2. The Morgan fingerprint density at radius 3 is 2.12 bits per heavy atom. The Labute approximate surface area is 153 Å². The summed E-state index contributed by atoms with van der Waals surface area (Å²) in [5, 5.41) is 5.62. The molecular weight excluding hydrogens is 369 g/mol. The Hall–Kier alpha value is -2.54. The molecule has 0 fully saturated rings. The third-order valence-corrected chi connectivity index (χ3v) is 3.72. The third kappa shape index (κ3) is 6.40. The SMILES string of the molecule is O=C(CC(=O)Nc1ccc(C(F)(F)F)cc1)NCCc1ccc(Cl)cc1. The highest BCUT2D eigenvalue weighted by molar-refractivity contribution is 6.30. The molecule has 26 heavy (non-hydrogen) atoms. The molecule has 138 valence electrons. The molecule has 8 heteroatoms. The summed E-state index contributed by atoms with van der Waals surface area (Å²) in [6.45, 7) is 0.355. The van der Waals surface area contributed by atoms with E-state index in [-0.39, 0.29) is 5.69 Å². The maximum Gasteiger partial charge on any atom is 0.416 e. The van der Waals surface area contributed by atoms with Crippen LogP contribution in [0.25, 0.3) is 0 Å². The molecule has 4 nitrogen and oxygen atoms in total. The molecule has 2 N–H and O–H groups in total. The topological polar surface area (TPSA) is 58.2 Å². The van der Waals surface area contributed by atoms with Crippen LogP contribution in [0, 0.1) is 0 Å². The van der Waals surface area contributed by atoms with E-state index >= 15 is 0 Å². The van der Waals surface area contributed by atoms with E-state index < -0.39 is 30.0 Å². The van der Waals surface area contributed by atoms with Crippen LogP contribution in [-0.4, -0.2) is 18.4 Å². The lowest BCUT2D eigenvalue weighted by Crippen LogP contribution is -2.29. The second-order valence-corrected chi connectivity index (χ2v) is 5.96. The van der Waals surface area contributed by atoms with Gasteiger partial charge in [0.15, 0.2) is 0 Å². The largest absolute Gasteiger partial charge is 0.416 e. The molecule has 0 heterocycles. The maximum atomic E-state index is 12.5. The van der Waals surface area contributed by atoms with Crippen molar-refractivity contribution in [3.63, 3.8) is 0 Å². The van der Waals surface area contributed by atoms with Crippen LogP contribution in [0.15, 0.2) is 48.5 Å². The molecule has 0 saturated carbocycles. The van der Waals surface area contributed by atoms with Gasteiger partial charge in [-0.1, -0.05) is 23.7 Å². The predicted octanol–water partition coefficient (Wildman–Crippen LogP) is 4.05. The van der Waals surface area contributed by atoms with Crippen LogP contribution in [0.3, 0.4) is 0 Å². The number of amides is 2. The van der Waals surface area contributed by atoms with Gasteiger partial charge < -0.3 is 10.6 Å². The average Bonchev–Trinajstić information content (AvgIpc) is 2.56. The Morgan fingerprint density at radius 1 is 0.923 bits per heavy atom. The number of anilines is 1. The van der Waals surface area contributed by atoms with E-state index in [4.69, 9.17) is 11.6 Å². The Bertz CT molecular complexity index is 760. The van der Waals surface area contributed by atoms with Gasteiger partial charge in [-0.15, -0.1) is 0 Å². The van der Waals surface area contributed by atoms with Gasteiger partial charge in [0.2, 0.25) is 11.8 Å². The molecule has 0 aliphatic heterocycles. The van der Waals surface area contributed by atoms with Crippen LogP contribution < -0.4 is 10.6 Å². The van der Waals surface area contributed by atoms with E-state index in [9.17, 15) is 22.8 Å². The highest BCUT2D eigenvalue weighted by Gasteiger charge is 2.29. The lowest BCUT2D eigenvalue weighted by atomic mass is 10.1. The number of hydrogen-bond acceptors (Lipinski definition) is 2. The summed E-state index contributed by atoms with van der Waals surface area (Å²) in [5.41, 5.74) is 0.372. The molecule has 0 bridgehead atoms. The zero-order chi connectivity index (χ0) is 19.2. The smallest absolute Gasteiger partial charge is 0.355 e. The molecular formula is C18H16ClF3N2O2. The van der Waals surface area contributed by atoms with Crippen molar-refractivity contribution >= 4 is 29.1 Å². The van der Waals surface area contributed by atoms with Crippen molar-refractivity contribution in [2.45, 2.75) is 19.0 Å². The first-order valence-corrected chi connectivity index (χ1v) is 8.10. The van der Waals surface area contributed by atoms with Crippen molar-refractivity contribution in [2.24, 2.45) is 0 Å². The van der Waals surface area contributed by atoms with E-state index in [2.05, 4.69) is 10.6 Å². The second-order valence-electron chi connectivity index (χ2n) is 5.53. The van der Waals surface area contributed by atoms with Crippen molar-refractivity contribution in [1.82, 2.24) is 5.32 Å². The summed E-state index contributed by atoms with van der Waals surface area (Å²) in [6.07, 6.45) is -4.27. The molecule has 0 saturated heterocycles. The van der Waals surface area contributed by atoms with E-state index in [0.717, 1.165) is 29.8 Å². The van der Waals surface area contributed by atoms with E-state index in [0.29, 0.717) is 18.0 Å². The van der Waals surface area contributed by atoms with E-state index in [1.165, 1.54) is 0 Å². The predicted molar refractivity (Wildman–Crippen MR) is 92.9 cm³/mol. The number of carbonyl (C=O) groups excluding carboxylic acids is 2. The quantitative estimate of drug-likeness (QED) is 0.738. The normalized spacial score (nSPS) is 11.1. The molecule has 0 atom stereocenters. The number of halogens is 4. The Balaban J connectivity index is 1.74. The minimum absolute atomic E-state index is 0.192. The number of hydrogen-bond donors (Lipinski definition) is 2. The molecule has 0 aliphatic carbocycles. The molecule has 0 aliphatic rings. The number of carbonyl (C=O) groups is 2. The maximum absolute atomic E-state index is 12.5. The summed E-state index contributed by atoms with van der Waals surface area (Å²) in [4.78, 5) is 23.5. The van der Waals surface area contributed by atoms with Gasteiger partial charge in [0.05, 0.1) is 5.56 Å². The van der Waals surface area contributed by atoms with Crippen LogP contribution in [0.2, 0.25) is 5.02 Å². The number of rotatable bonds is 6. The number of benzene rings is 2. The van der Waals surface area contributed by atoms with Crippen molar-refractivity contribution in [3.05, 3.63) is 64.7 Å². The average molecular weight is 385 g/mol.